The zero-order chi connectivity index (χ0) is 16.9. The monoisotopic (exact) mass is 336 g/mol. The molecule has 0 aromatic heterocycles. The summed E-state index contributed by atoms with van der Waals surface area (Å²) in [6.45, 7) is 2.66. The number of hydrogen-bond donors (Lipinski definition) is 2. The molecule has 4 atom stereocenters. The fraction of sp³-hybridized carbons (Fsp3) is 0.846. The van der Waals surface area contributed by atoms with Gasteiger partial charge >= 0.3 is 13.1 Å². The van der Waals surface area contributed by atoms with E-state index in [-0.39, 0.29) is 12.1 Å². The van der Waals surface area contributed by atoms with E-state index >= 15 is 0 Å². The fourth-order valence-corrected chi connectivity index (χ4v) is 3.53. The number of nitrogens with zero attached hydrogens (tertiary/aromatic N) is 1. The molecule has 1 saturated heterocycles. The first kappa shape index (κ1) is 19.1. The van der Waals surface area contributed by atoms with E-state index in [2.05, 4.69) is 15.0 Å². The Morgan fingerprint density at radius 1 is 1.45 bits per heavy atom. The second-order valence-electron chi connectivity index (χ2n) is 5.55. The van der Waals surface area contributed by atoms with Crippen LogP contribution in [0.1, 0.15) is 19.8 Å². The predicted octanol–water partition coefficient (Wildman–Crippen LogP) is 0.842. The van der Waals surface area contributed by atoms with E-state index in [0.29, 0.717) is 0 Å². The smallest absolute Gasteiger partial charge is 0.392 e. The number of likely N-dealkylation sites (tertiary alicyclic amines) is 1. The van der Waals surface area contributed by atoms with Crippen molar-refractivity contribution in [2.75, 3.05) is 34.1 Å². The molecule has 0 aliphatic carbocycles. The van der Waals surface area contributed by atoms with E-state index in [9.17, 15) is 19.0 Å². The SMILES string of the molecule is COC(=O)P(=O)(O)CNC(=O)C(C)C(OC)C1CCCN1C. The van der Waals surface area contributed by atoms with Crippen molar-refractivity contribution in [1.29, 1.82) is 0 Å². The first-order chi connectivity index (χ1) is 10.2. The van der Waals surface area contributed by atoms with Gasteiger partial charge in [-0.05, 0) is 26.4 Å². The van der Waals surface area contributed by atoms with Crippen LogP contribution in [0.25, 0.3) is 0 Å². The number of carbonyl (C=O) groups excluding carboxylic acids is 2. The van der Waals surface area contributed by atoms with Crippen molar-refractivity contribution in [3.63, 3.8) is 0 Å². The summed E-state index contributed by atoms with van der Waals surface area (Å²) >= 11 is 0. The minimum absolute atomic E-state index is 0.132. The summed E-state index contributed by atoms with van der Waals surface area (Å²) in [4.78, 5) is 34.9. The van der Waals surface area contributed by atoms with Gasteiger partial charge in [0.2, 0.25) is 5.91 Å². The standard InChI is InChI=1S/C13H25N2O6P/c1-9(11(20-3)10-6-5-7-15(10)2)12(16)14-8-22(18,19)13(17)21-4/h9-11H,5-8H2,1-4H3,(H,14,16)(H,18,19). The van der Waals surface area contributed by atoms with Gasteiger partial charge in [0.15, 0.2) is 0 Å². The Kier molecular flexibility index (Phi) is 6.99. The van der Waals surface area contributed by atoms with Gasteiger partial charge in [0.05, 0.1) is 19.1 Å². The topological polar surface area (TPSA) is 105 Å². The summed E-state index contributed by atoms with van der Waals surface area (Å²) in [6.07, 6.45) is 1.03. The molecule has 1 aliphatic heterocycles. The van der Waals surface area contributed by atoms with Crippen molar-refractivity contribution in [3.05, 3.63) is 0 Å². The summed E-state index contributed by atoms with van der Waals surface area (Å²) < 4.78 is 21.3. The number of carbonyl (C=O) groups is 2. The number of amides is 1. The van der Waals surface area contributed by atoms with Crippen molar-refractivity contribution in [2.24, 2.45) is 5.92 Å². The van der Waals surface area contributed by atoms with Crippen LogP contribution in [0.3, 0.4) is 0 Å². The minimum Gasteiger partial charge on any atom is -0.462 e. The van der Waals surface area contributed by atoms with E-state index in [0.717, 1.165) is 26.5 Å². The van der Waals surface area contributed by atoms with Crippen LogP contribution < -0.4 is 5.32 Å². The van der Waals surface area contributed by atoms with Crippen molar-refractivity contribution < 1.29 is 28.5 Å². The van der Waals surface area contributed by atoms with Crippen molar-refractivity contribution in [2.45, 2.75) is 31.9 Å². The average molecular weight is 336 g/mol. The Bertz CT molecular complexity index is 458. The number of nitrogens with one attached hydrogen (secondary N) is 1. The minimum atomic E-state index is -4.20. The highest BCUT2D eigenvalue weighted by Crippen LogP contribution is 2.41. The van der Waals surface area contributed by atoms with Gasteiger partial charge in [-0.2, -0.15) is 0 Å². The zero-order valence-corrected chi connectivity index (χ0v) is 14.3. The van der Waals surface area contributed by atoms with Crippen LogP contribution in [-0.2, 0) is 18.8 Å². The Hall–Kier alpha value is -0.950. The molecule has 0 bridgehead atoms. The molecular weight excluding hydrogens is 311 g/mol. The van der Waals surface area contributed by atoms with E-state index in [1.54, 1.807) is 14.0 Å². The predicted molar refractivity (Wildman–Crippen MR) is 80.9 cm³/mol. The molecule has 9 heteroatoms. The quantitative estimate of drug-likeness (QED) is 0.664. The number of methoxy groups -OCH3 is 2. The number of hydrogen-bond acceptors (Lipinski definition) is 6. The van der Waals surface area contributed by atoms with Gasteiger partial charge in [-0.3, -0.25) is 9.36 Å². The fourth-order valence-electron chi connectivity index (χ4n) is 2.75. The molecule has 8 nitrogen and oxygen atoms in total. The molecule has 1 aliphatic rings. The van der Waals surface area contributed by atoms with Crippen LogP contribution in [0.5, 0.6) is 0 Å². The van der Waals surface area contributed by atoms with Crippen LogP contribution in [0.4, 0.5) is 4.79 Å². The largest absolute Gasteiger partial charge is 0.462 e. The second-order valence-corrected chi connectivity index (χ2v) is 7.63. The highest BCUT2D eigenvalue weighted by Gasteiger charge is 2.37. The van der Waals surface area contributed by atoms with E-state index in [1.165, 1.54) is 0 Å². The molecule has 1 rings (SSSR count). The van der Waals surface area contributed by atoms with Crippen molar-refractivity contribution in [1.82, 2.24) is 10.2 Å². The van der Waals surface area contributed by atoms with Crippen molar-refractivity contribution >= 4 is 19.0 Å². The molecule has 4 unspecified atom stereocenters. The summed E-state index contributed by atoms with van der Waals surface area (Å²) in [6, 6.07) is 0.132. The maximum atomic E-state index is 12.2. The number of likely N-dealkylation sites (N-methyl/N-ethyl adjacent to an activating group) is 1. The third-order valence-electron chi connectivity index (χ3n) is 4.06. The molecule has 0 aromatic rings. The third kappa shape index (κ3) is 4.52. The molecule has 0 radical (unpaired) electrons. The summed E-state index contributed by atoms with van der Waals surface area (Å²) in [7, 11) is 0.350. The first-order valence-electron chi connectivity index (χ1n) is 7.15. The lowest BCUT2D eigenvalue weighted by Crippen LogP contribution is -2.47. The lowest BCUT2D eigenvalue weighted by Gasteiger charge is -2.31. The summed E-state index contributed by atoms with van der Waals surface area (Å²) in [5.41, 5.74) is -1.22. The number of rotatable bonds is 7. The Morgan fingerprint density at radius 2 is 2.09 bits per heavy atom. The second kappa shape index (κ2) is 8.06. The molecule has 128 valence electrons. The average Bonchev–Trinajstić information content (AvgIpc) is 2.90. The van der Waals surface area contributed by atoms with Gasteiger partial charge in [-0.15, -0.1) is 0 Å². The number of ether oxygens (including phenoxy) is 2. The Balaban J connectivity index is 2.63. The summed E-state index contributed by atoms with van der Waals surface area (Å²) in [5.74, 6) is -0.932. The zero-order valence-electron chi connectivity index (χ0n) is 13.4. The highest BCUT2D eigenvalue weighted by molar-refractivity contribution is 7.74. The van der Waals surface area contributed by atoms with E-state index in [4.69, 9.17) is 4.74 Å². The summed E-state index contributed by atoms with van der Waals surface area (Å²) in [5, 5.41) is 2.34. The maximum absolute atomic E-state index is 12.2. The Labute approximate surface area is 130 Å². The van der Waals surface area contributed by atoms with E-state index < -0.39 is 31.2 Å². The van der Waals surface area contributed by atoms with E-state index in [1.807, 2.05) is 7.05 Å². The lowest BCUT2D eigenvalue weighted by molar-refractivity contribution is -0.130. The molecule has 1 amide bonds. The van der Waals surface area contributed by atoms with Crippen molar-refractivity contribution in [3.8, 4) is 0 Å². The molecule has 2 N–H and O–H groups in total. The first-order valence-corrected chi connectivity index (χ1v) is 9.00. The van der Waals surface area contributed by atoms with Crippen LogP contribution in [0.15, 0.2) is 0 Å². The third-order valence-corrected chi connectivity index (χ3v) is 5.40. The maximum Gasteiger partial charge on any atom is 0.392 e. The molecule has 22 heavy (non-hydrogen) atoms. The normalized spacial score (nSPS) is 24.3. The molecule has 1 heterocycles. The van der Waals surface area contributed by atoms with Gasteiger partial charge in [-0.25, -0.2) is 4.79 Å². The van der Waals surface area contributed by atoms with Crippen LogP contribution in [0, 0.1) is 5.92 Å². The lowest BCUT2D eigenvalue weighted by atomic mass is 9.95. The van der Waals surface area contributed by atoms with Gasteiger partial charge in [0.1, 0.15) is 6.29 Å². The highest BCUT2D eigenvalue weighted by atomic mass is 31.2. The molecular formula is C13H25N2O6P. The molecule has 0 spiro atoms. The molecule has 0 aromatic carbocycles. The van der Waals surface area contributed by atoms with Gasteiger partial charge in [0, 0.05) is 13.2 Å². The van der Waals surface area contributed by atoms with Crippen LogP contribution in [0.2, 0.25) is 0 Å². The van der Waals surface area contributed by atoms with Gasteiger partial charge < -0.3 is 24.6 Å². The van der Waals surface area contributed by atoms with Gasteiger partial charge in [0.25, 0.3) is 0 Å². The molecule has 0 saturated carbocycles. The van der Waals surface area contributed by atoms with Crippen LogP contribution in [-0.4, -0.2) is 67.7 Å². The molecule has 1 fully saturated rings. The Morgan fingerprint density at radius 3 is 2.55 bits per heavy atom. The van der Waals surface area contributed by atoms with Gasteiger partial charge in [-0.1, -0.05) is 6.92 Å². The van der Waals surface area contributed by atoms with Crippen LogP contribution >= 0.6 is 7.37 Å².